The van der Waals surface area contributed by atoms with Gasteiger partial charge in [-0.1, -0.05) is 50.1 Å². The van der Waals surface area contributed by atoms with Gasteiger partial charge in [-0.25, -0.2) is 9.59 Å². The van der Waals surface area contributed by atoms with Gasteiger partial charge in [0.2, 0.25) is 5.91 Å². The maximum atomic E-state index is 12.9. The van der Waals surface area contributed by atoms with E-state index in [1.165, 1.54) is 0 Å². The van der Waals surface area contributed by atoms with Crippen LogP contribution in [0.15, 0.2) is 50.0 Å². The Labute approximate surface area is 209 Å². The van der Waals surface area contributed by atoms with E-state index in [1.54, 1.807) is 0 Å². The molecule has 2 N–H and O–H groups in total. The fourth-order valence-corrected chi connectivity index (χ4v) is 4.80. The summed E-state index contributed by atoms with van der Waals surface area (Å²) in [4.78, 5) is 36.8. The summed E-state index contributed by atoms with van der Waals surface area (Å²) in [7, 11) is 0. The summed E-state index contributed by atoms with van der Waals surface area (Å²) in [5.74, 6) is -0.675. The van der Waals surface area contributed by atoms with Crippen molar-refractivity contribution in [3.05, 3.63) is 69.3 Å². The van der Waals surface area contributed by atoms with E-state index in [4.69, 9.17) is 8.83 Å². The minimum absolute atomic E-state index is 0.00563. The number of carbonyl (C=O) groups excluding carboxylic acids is 1. The SMILES string of the molecule is CCCC[C@@H](NC(=O)CCc1c(C)c2cc3c(-c4ccccc4)c(C)oc3c(C)c2oc1=O)C(=O)O. The molecule has 7 heteroatoms. The van der Waals surface area contributed by atoms with Crippen LogP contribution < -0.4 is 10.9 Å². The maximum absolute atomic E-state index is 12.9. The molecule has 2 aromatic carbocycles. The Morgan fingerprint density at radius 1 is 1.00 bits per heavy atom. The highest BCUT2D eigenvalue weighted by Gasteiger charge is 2.22. The standard InChI is InChI=1S/C29H31NO6/c1-5-6-12-23(28(32)33)30-24(31)14-13-20-16(2)21-15-22-25(19-10-8-7-9-11-19)18(4)35-27(22)17(3)26(21)36-29(20)34/h7-11,15,23H,5-6,12-14H2,1-4H3,(H,30,31)(H,32,33)/t23-/m1/s1. The molecule has 0 saturated carbocycles. The van der Waals surface area contributed by atoms with Crippen molar-refractivity contribution in [3.63, 3.8) is 0 Å². The number of nitrogens with one attached hydrogen (secondary N) is 1. The first-order valence-electron chi connectivity index (χ1n) is 12.3. The number of carboxylic acids is 1. The quantitative estimate of drug-likeness (QED) is 0.287. The summed E-state index contributed by atoms with van der Waals surface area (Å²) in [6, 6.07) is 11.0. The fraction of sp³-hybridized carbons (Fsp3) is 0.345. The number of carboxylic acid groups (broad SMARTS) is 1. The van der Waals surface area contributed by atoms with Crippen LogP contribution in [0.1, 0.15) is 55.1 Å². The number of fused-ring (bicyclic) bond motifs is 2. The third kappa shape index (κ3) is 4.78. The molecule has 1 atom stereocenters. The van der Waals surface area contributed by atoms with Gasteiger partial charge in [0, 0.05) is 33.9 Å². The van der Waals surface area contributed by atoms with Crippen LogP contribution in [0.4, 0.5) is 0 Å². The largest absolute Gasteiger partial charge is 0.480 e. The number of hydrogen-bond acceptors (Lipinski definition) is 5. The number of amides is 1. The molecule has 0 aliphatic heterocycles. The molecular weight excluding hydrogens is 458 g/mol. The molecule has 7 nitrogen and oxygen atoms in total. The van der Waals surface area contributed by atoms with Gasteiger partial charge in [0.25, 0.3) is 0 Å². The number of carbonyl (C=O) groups is 2. The van der Waals surface area contributed by atoms with E-state index in [9.17, 15) is 19.5 Å². The molecular formula is C29H31NO6. The predicted molar refractivity (Wildman–Crippen MR) is 139 cm³/mol. The molecule has 2 heterocycles. The lowest BCUT2D eigenvalue weighted by atomic mass is 9.96. The normalized spacial score (nSPS) is 12.2. The number of aliphatic carboxylic acids is 1. The lowest BCUT2D eigenvalue weighted by molar-refractivity contribution is -0.142. The van der Waals surface area contributed by atoms with Crippen LogP contribution >= 0.6 is 0 Å². The maximum Gasteiger partial charge on any atom is 0.339 e. The summed E-state index contributed by atoms with van der Waals surface area (Å²) in [6.07, 6.45) is 2.07. The number of aryl methyl sites for hydroxylation is 3. The smallest absolute Gasteiger partial charge is 0.339 e. The monoisotopic (exact) mass is 489 g/mol. The third-order valence-corrected chi connectivity index (χ3v) is 6.78. The van der Waals surface area contributed by atoms with Crippen LogP contribution in [0, 0.1) is 20.8 Å². The Balaban J connectivity index is 1.70. The van der Waals surface area contributed by atoms with Crippen molar-refractivity contribution >= 4 is 33.8 Å². The Hall–Kier alpha value is -3.87. The summed E-state index contributed by atoms with van der Waals surface area (Å²) in [5, 5.41) is 13.7. The van der Waals surface area contributed by atoms with Crippen molar-refractivity contribution in [1.82, 2.24) is 5.32 Å². The first-order chi connectivity index (χ1) is 17.2. The van der Waals surface area contributed by atoms with Crippen molar-refractivity contribution in [1.29, 1.82) is 0 Å². The first-order valence-corrected chi connectivity index (χ1v) is 12.3. The lowest BCUT2D eigenvalue weighted by Crippen LogP contribution is -2.40. The van der Waals surface area contributed by atoms with Crippen LogP contribution in [0.3, 0.4) is 0 Å². The Bertz CT molecular complexity index is 1500. The van der Waals surface area contributed by atoms with Gasteiger partial charge >= 0.3 is 11.6 Å². The summed E-state index contributed by atoms with van der Waals surface area (Å²) >= 11 is 0. The van der Waals surface area contributed by atoms with Crippen LogP contribution in [0.25, 0.3) is 33.1 Å². The molecule has 0 aliphatic rings. The lowest BCUT2D eigenvalue weighted by Gasteiger charge is -2.14. The van der Waals surface area contributed by atoms with Gasteiger partial charge in [-0.3, -0.25) is 4.79 Å². The van der Waals surface area contributed by atoms with Gasteiger partial charge in [-0.2, -0.15) is 0 Å². The van der Waals surface area contributed by atoms with Crippen LogP contribution in [-0.4, -0.2) is 23.0 Å². The Morgan fingerprint density at radius 3 is 2.36 bits per heavy atom. The molecule has 1 amide bonds. The minimum atomic E-state index is -1.05. The van der Waals surface area contributed by atoms with Gasteiger partial charge in [-0.15, -0.1) is 0 Å². The van der Waals surface area contributed by atoms with Crippen molar-refractivity contribution in [2.45, 2.75) is 65.8 Å². The number of hydrogen-bond donors (Lipinski definition) is 2. The first kappa shape index (κ1) is 25.2. The van der Waals surface area contributed by atoms with E-state index in [1.807, 2.05) is 64.1 Å². The van der Waals surface area contributed by atoms with Gasteiger partial charge in [-0.05, 0) is 50.8 Å². The Morgan fingerprint density at radius 2 is 1.69 bits per heavy atom. The van der Waals surface area contributed by atoms with E-state index >= 15 is 0 Å². The average Bonchev–Trinajstić information content (AvgIpc) is 3.19. The number of furan rings is 1. The zero-order chi connectivity index (χ0) is 26.0. The molecule has 0 unspecified atom stereocenters. The third-order valence-electron chi connectivity index (χ3n) is 6.78. The predicted octanol–water partition coefficient (Wildman–Crippen LogP) is 5.82. The highest BCUT2D eigenvalue weighted by Crippen LogP contribution is 2.39. The van der Waals surface area contributed by atoms with Crippen LogP contribution in [0.2, 0.25) is 0 Å². The molecule has 0 saturated heterocycles. The second-order valence-electron chi connectivity index (χ2n) is 9.25. The van der Waals surface area contributed by atoms with E-state index in [-0.39, 0.29) is 12.8 Å². The second kappa shape index (κ2) is 10.4. The van der Waals surface area contributed by atoms with Crippen molar-refractivity contribution < 1.29 is 23.5 Å². The number of rotatable bonds is 9. The molecule has 36 heavy (non-hydrogen) atoms. The number of benzene rings is 2. The summed E-state index contributed by atoms with van der Waals surface area (Å²) in [6.45, 7) is 7.62. The van der Waals surface area contributed by atoms with Gasteiger partial charge in [0.05, 0.1) is 0 Å². The molecule has 0 spiro atoms. The molecule has 2 aromatic heterocycles. The van der Waals surface area contributed by atoms with E-state index in [2.05, 4.69) is 5.32 Å². The summed E-state index contributed by atoms with van der Waals surface area (Å²) in [5.41, 5.74) is 4.60. The molecule has 4 aromatic rings. The molecule has 4 rings (SSSR count). The average molecular weight is 490 g/mol. The zero-order valence-electron chi connectivity index (χ0n) is 21.1. The van der Waals surface area contributed by atoms with E-state index in [0.717, 1.165) is 45.2 Å². The van der Waals surface area contributed by atoms with Crippen molar-refractivity contribution in [2.24, 2.45) is 0 Å². The van der Waals surface area contributed by atoms with Gasteiger partial charge in [0.1, 0.15) is 23.0 Å². The Kier molecular flexibility index (Phi) is 7.29. The zero-order valence-corrected chi connectivity index (χ0v) is 21.1. The van der Waals surface area contributed by atoms with Crippen LogP contribution in [-0.2, 0) is 16.0 Å². The molecule has 0 radical (unpaired) electrons. The highest BCUT2D eigenvalue weighted by atomic mass is 16.4. The molecule has 0 bridgehead atoms. The molecule has 188 valence electrons. The highest BCUT2D eigenvalue weighted by molar-refractivity contribution is 6.05. The second-order valence-corrected chi connectivity index (χ2v) is 9.25. The topological polar surface area (TPSA) is 110 Å². The van der Waals surface area contributed by atoms with Gasteiger partial charge in [0.15, 0.2) is 0 Å². The minimum Gasteiger partial charge on any atom is -0.480 e. The fourth-order valence-electron chi connectivity index (χ4n) is 4.80. The van der Waals surface area contributed by atoms with Crippen molar-refractivity contribution in [3.8, 4) is 11.1 Å². The van der Waals surface area contributed by atoms with Crippen molar-refractivity contribution in [2.75, 3.05) is 0 Å². The van der Waals surface area contributed by atoms with Gasteiger partial charge < -0.3 is 19.3 Å². The number of unbranched alkanes of at least 4 members (excludes halogenated alkanes) is 1. The molecule has 0 fully saturated rings. The van der Waals surface area contributed by atoms with E-state index < -0.39 is 23.5 Å². The van der Waals surface area contributed by atoms with E-state index in [0.29, 0.717) is 29.6 Å². The van der Waals surface area contributed by atoms with Crippen LogP contribution in [0.5, 0.6) is 0 Å². The summed E-state index contributed by atoms with van der Waals surface area (Å²) < 4.78 is 11.8. The molecule has 0 aliphatic carbocycles.